The number of nitrogens with zero attached hydrogens (tertiary/aromatic N) is 3. The fraction of sp³-hybridized carbons (Fsp3) is 0.182. The summed E-state index contributed by atoms with van der Waals surface area (Å²) in [4.78, 5) is 15.8. The van der Waals surface area contributed by atoms with Crippen molar-refractivity contribution >= 4 is 5.82 Å². The summed E-state index contributed by atoms with van der Waals surface area (Å²) < 4.78 is 38.2. The van der Waals surface area contributed by atoms with Crippen LogP contribution in [-0.4, -0.2) is 22.1 Å². The normalized spacial score (nSPS) is 11.4. The summed E-state index contributed by atoms with van der Waals surface area (Å²) in [6.45, 7) is 0. The van der Waals surface area contributed by atoms with Crippen molar-refractivity contribution in [2.45, 2.75) is 6.18 Å². The van der Waals surface area contributed by atoms with E-state index in [1.807, 2.05) is 0 Å². The monoisotopic (exact) mass is 270 g/mol. The Labute approximate surface area is 106 Å². The number of aromatic nitrogens is 3. The van der Waals surface area contributed by atoms with Crippen LogP contribution in [0.3, 0.4) is 0 Å². The molecule has 0 aliphatic heterocycles. The minimum atomic E-state index is -4.57. The van der Waals surface area contributed by atoms with Crippen LogP contribution in [0.25, 0.3) is 11.5 Å². The Bertz CT molecular complexity index is 560. The second-order valence-electron chi connectivity index (χ2n) is 3.48. The molecular formula is C11H9F3N4O. The van der Waals surface area contributed by atoms with Gasteiger partial charge in [0, 0.05) is 12.3 Å². The van der Waals surface area contributed by atoms with E-state index in [9.17, 15) is 13.2 Å². The summed E-state index contributed by atoms with van der Waals surface area (Å²) >= 11 is 0. The van der Waals surface area contributed by atoms with E-state index in [0.29, 0.717) is 0 Å². The number of nitrogens with one attached hydrogen (secondary N) is 1. The highest BCUT2D eigenvalue weighted by Crippen LogP contribution is 2.30. The molecule has 0 saturated heterocycles. The fourth-order valence-electron chi connectivity index (χ4n) is 1.36. The second-order valence-corrected chi connectivity index (χ2v) is 3.48. The Morgan fingerprint density at radius 2 is 2.00 bits per heavy atom. The number of hydrogen-bond acceptors (Lipinski definition) is 5. The van der Waals surface area contributed by atoms with Crippen LogP contribution >= 0.6 is 0 Å². The van der Waals surface area contributed by atoms with E-state index < -0.39 is 11.9 Å². The molecule has 2 heterocycles. The van der Waals surface area contributed by atoms with Crippen molar-refractivity contribution in [3.05, 3.63) is 36.2 Å². The van der Waals surface area contributed by atoms with Crippen LogP contribution in [0.5, 0.6) is 0 Å². The zero-order valence-corrected chi connectivity index (χ0v) is 9.77. The molecule has 0 radical (unpaired) electrons. The molecule has 0 bridgehead atoms. The molecule has 0 amide bonds. The van der Waals surface area contributed by atoms with Crippen LogP contribution in [-0.2, 0) is 11.0 Å². The summed E-state index contributed by atoms with van der Waals surface area (Å²) in [6.07, 6.45) is -3.13. The van der Waals surface area contributed by atoms with Crippen LogP contribution in [0.2, 0.25) is 0 Å². The second kappa shape index (κ2) is 5.19. The molecule has 1 N–H and O–H groups in total. The average Bonchev–Trinajstić information content (AvgIpc) is 2.39. The van der Waals surface area contributed by atoms with Gasteiger partial charge in [-0.15, -0.1) is 0 Å². The summed E-state index contributed by atoms with van der Waals surface area (Å²) in [5, 5.41) is 0. The van der Waals surface area contributed by atoms with Crippen molar-refractivity contribution < 1.29 is 18.0 Å². The van der Waals surface area contributed by atoms with Gasteiger partial charge in [-0.3, -0.25) is 9.82 Å². The van der Waals surface area contributed by atoms with E-state index in [1.165, 1.54) is 19.4 Å². The number of hydrogen-bond donors (Lipinski definition) is 1. The van der Waals surface area contributed by atoms with E-state index >= 15 is 0 Å². The molecule has 0 atom stereocenters. The molecule has 0 spiro atoms. The molecule has 0 saturated carbocycles. The first-order valence-electron chi connectivity index (χ1n) is 5.17. The summed E-state index contributed by atoms with van der Waals surface area (Å²) in [5.74, 6) is -0.222. The lowest BCUT2D eigenvalue weighted by Crippen LogP contribution is -2.12. The standard InChI is InChI=1S/C11H9F3N4O/c1-19-18-9-6-8(11(12,13)14)16-10(17-9)7-4-2-3-5-15-7/h2-6H,1H3,(H,16,17,18). The molecule has 2 aromatic heterocycles. The predicted octanol–water partition coefficient (Wildman–Crippen LogP) is 2.53. The zero-order valence-electron chi connectivity index (χ0n) is 9.77. The summed E-state index contributed by atoms with van der Waals surface area (Å²) in [6, 6.07) is 5.56. The molecule has 100 valence electrons. The lowest BCUT2D eigenvalue weighted by molar-refractivity contribution is -0.141. The maximum atomic E-state index is 12.7. The third kappa shape index (κ3) is 3.16. The van der Waals surface area contributed by atoms with Crippen molar-refractivity contribution in [2.24, 2.45) is 0 Å². The van der Waals surface area contributed by atoms with Gasteiger partial charge in [-0.05, 0) is 12.1 Å². The van der Waals surface area contributed by atoms with Gasteiger partial charge in [-0.2, -0.15) is 13.2 Å². The lowest BCUT2D eigenvalue weighted by Gasteiger charge is -2.10. The number of rotatable bonds is 3. The first kappa shape index (κ1) is 13.2. The molecule has 0 fully saturated rings. The maximum Gasteiger partial charge on any atom is 0.433 e. The van der Waals surface area contributed by atoms with E-state index in [-0.39, 0.29) is 17.3 Å². The largest absolute Gasteiger partial charge is 0.433 e. The molecule has 5 nitrogen and oxygen atoms in total. The van der Waals surface area contributed by atoms with Crippen LogP contribution in [0.1, 0.15) is 5.69 Å². The van der Waals surface area contributed by atoms with E-state index in [1.54, 1.807) is 12.1 Å². The van der Waals surface area contributed by atoms with E-state index in [0.717, 1.165) is 6.07 Å². The Morgan fingerprint density at radius 1 is 1.21 bits per heavy atom. The van der Waals surface area contributed by atoms with Crippen LogP contribution < -0.4 is 5.48 Å². The van der Waals surface area contributed by atoms with E-state index in [4.69, 9.17) is 0 Å². The van der Waals surface area contributed by atoms with Crippen molar-refractivity contribution in [1.82, 2.24) is 15.0 Å². The molecule has 0 aliphatic rings. The van der Waals surface area contributed by atoms with Crippen molar-refractivity contribution in [3.8, 4) is 11.5 Å². The van der Waals surface area contributed by atoms with Gasteiger partial charge in [-0.1, -0.05) is 6.07 Å². The fourth-order valence-corrected chi connectivity index (χ4v) is 1.36. The molecule has 0 aromatic carbocycles. The van der Waals surface area contributed by atoms with Gasteiger partial charge >= 0.3 is 6.18 Å². The van der Waals surface area contributed by atoms with Crippen molar-refractivity contribution in [2.75, 3.05) is 12.6 Å². The summed E-state index contributed by atoms with van der Waals surface area (Å²) in [5.41, 5.74) is 1.43. The number of alkyl halides is 3. The molecule has 0 aliphatic carbocycles. The molecular weight excluding hydrogens is 261 g/mol. The van der Waals surface area contributed by atoms with Gasteiger partial charge in [0.25, 0.3) is 0 Å². The topological polar surface area (TPSA) is 59.9 Å². The number of halogens is 3. The SMILES string of the molecule is CONc1cc(C(F)(F)F)nc(-c2ccccn2)n1. The molecule has 19 heavy (non-hydrogen) atoms. The minimum absolute atomic E-state index is 0.0921. The molecule has 8 heteroatoms. The molecule has 2 rings (SSSR count). The predicted molar refractivity (Wildman–Crippen MR) is 60.9 cm³/mol. The smallest absolute Gasteiger partial charge is 0.278 e. The van der Waals surface area contributed by atoms with Crippen LogP contribution in [0.15, 0.2) is 30.5 Å². The minimum Gasteiger partial charge on any atom is -0.278 e. The summed E-state index contributed by atoms with van der Waals surface area (Å²) in [7, 11) is 1.27. The van der Waals surface area contributed by atoms with Crippen LogP contribution in [0, 0.1) is 0 Å². The Morgan fingerprint density at radius 3 is 2.58 bits per heavy atom. The van der Waals surface area contributed by atoms with E-state index in [2.05, 4.69) is 25.3 Å². The zero-order chi connectivity index (χ0) is 13.9. The lowest BCUT2D eigenvalue weighted by atomic mass is 10.3. The molecule has 2 aromatic rings. The molecule has 0 unspecified atom stereocenters. The van der Waals surface area contributed by atoms with Gasteiger partial charge < -0.3 is 0 Å². The highest BCUT2D eigenvalue weighted by Gasteiger charge is 2.34. The third-order valence-electron chi connectivity index (χ3n) is 2.12. The quantitative estimate of drug-likeness (QED) is 0.868. The first-order valence-corrected chi connectivity index (χ1v) is 5.17. The first-order chi connectivity index (χ1) is 9.00. The van der Waals surface area contributed by atoms with Gasteiger partial charge in [0.05, 0.1) is 7.11 Å². The van der Waals surface area contributed by atoms with Crippen molar-refractivity contribution in [1.29, 1.82) is 0 Å². The third-order valence-corrected chi connectivity index (χ3v) is 2.12. The highest BCUT2D eigenvalue weighted by atomic mass is 19.4. The number of anilines is 1. The Kier molecular flexibility index (Phi) is 3.61. The maximum absolute atomic E-state index is 12.7. The van der Waals surface area contributed by atoms with Gasteiger partial charge in [0.2, 0.25) is 0 Å². The average molecular weight is 270 g/mol. The number of pyridine rings is 1. The van der Waals surface area contributed by atoms with Gasteiger partial charge in [0.1, 0.15) is 5.69 Å². The van der Waals surface area contributed by atoms with Crippen molar-refractivity contribution in [3.63, 3.8) is 0 Å². The van der Waals surface area contributed by atoms with Gasteiger partial charge in [0.15, 0.2) is 17.3 Å². The highest BCUT2D eigenvalue weighted by molar-refractivity contribution is 5.52. The van der Waals surface area contributed by atoms with Crippen LogP contribution in [0.4, 0.5) is 19.0 Å². The Hall–Kier alpha value is -2.22. The Balaban J connectivity index is 2.52. The van der Waals surface area contributed by atoms with Gasteiger partial charge in [-0.25, -0.2) is 15.4 Å².